The highest BCUT2D eigenvalue weighted by molar-refractivity contribution is 5.94. The predicted octanol–water partition coefficient (Wildman–Crippen LogP) is 2.61. The van der Waals surface area contributed by atoms with Crippen LogP contribution in [0.15, 0.2) is 54.6 Å². The fraction of sp³-hybridized carbons (Fsp3) is 0.250. The summed E-state index contributed by atoms with van der Waals surface area (Å²) in [6, 6.07) is 9.09. The fourth-order valence-electron chi connectivity index (χ4n) is 1.63. The van der Waals surface area contributed by atoms with Crippen molar-refractivity contribution in [2.24, 2.45) is 5.92 Å². The van der Waals surface area contributed by atoms with Crippen LogP contribution in [-0.4, -0.2) is 23.7 Å². The van der Waals surface area contributed by atoms with Crippen LogP contribution >= 0.6 is 0 Å². The molecule has 0 heterocycles. The number of carbonyl (C=O) groups is 2. The first-order valence-corrected chi connectivity index (χ1v) is 6.19. The molecular formula is C16H18O4. The van der Waals surface area contributed by atoms with Gasteiger partial charge in [0, 0.05) is 5.57 Å². The van der Waals surface area contributed by atoms with E-state index in [9.17, 15) is 14.7 Å². The molecule has 0 radical (unpaired) electrons. The lowest BCUT2D eigenvalue weighted by Gasteiger charge is -2.14. The summed E-state index contributed by atoms with van der Waals surface area (Å²) in [5.41, 5.74) is 1.46. The van der Waals surface area contributed by atoms with E-state index >= 15 is 0 Å². The van der Waals surface area contributed by atoms with Crippen molar-refractivity contribution in [3.8, 4) is 0 Å². The molecule has 106 valence electrons. The van der Waals surface area contributed by atoms with Gasteiger partial charge in [-0.1, -0.05) is 43.5 Å². The molecule has 4 heteroatoms. The maximum absolute atomic E-state index is 11.8. The highest BCUT2D eigenvalue weighted by Gasteiger charge is 2.27. The normalized spacial score (nSPS) is 11.4. The second-order valence-corrected chi connectivity index (χ2v) is 4.64. The van der Waals surface area contributed by atoms with E-state index in [2.05, 4.69) is 13.2 Å². The molecule has 0 aliphatic rings. The first kappa shape index (κ1) is 15.7. The zero-order valence-electron chi connectivity index (χ0n) is 11.5. The lowest BCUT2D eigenvalue weighted by Crippen LogP contribution is -2.24. The molecule has 20 heavy (non-hydrogen) atoms. The predicted molar refractivity (Wildman–Crippen MR) is 76.2 cm³/mol. The van der Waals surface area contributed by atoms with Gasteiger partial charge in [0.25, 0.3) is 0 Å². The Hall–Kier alpha value is -2.36. The number of carboxylic acids is 1. The Morgan fingerprint density at radius 2 is 1.85 bits per heavy atom. The SMILES string of the molecule is C=C(C)COC(=O)C(=C)C(Cc1ccccc1)C(=O)O. The number of aliphatic carboxylic acids is 1. The van der Waals surface area contributed by atoms with Gasteiger partial charge in [-0.15, -0.1) is 0 Å². The Labute approximate surface area is 118 Å². The Morgan fingerprint density at radius 3 is 2.35 bits per heavy atom. The lowest BCUT2D eigenvalue weighted by atomic mass is 9.93. The van der Waals surface area contributed by atoms with Crippen LogP contribution in [-0.2, 0) is 20.7 Å². The molecule has 0 fully saturated rings. The van der Waals surface area contributed by atoms with Gasteiger partial charge in [0.15, 0.2) is 0 Å². The average Bonchev–Trinajstić information content (AvgIpc) is 2.42. The third-order valence-corrected chi connectivity index (χ3v) is 2.71. The van der Waals surface area contributed by atoms with E-state index in [-0.39, 0.29) is 18.6 Å². The quantitative estimate of drug-likeness (QED) is 0.471. The molecule has 4 nitrogen and oxygen atoms in total. The number of carbonyl (C=O) groups excluding carboxylic acids is 1. The number of rotatable bonds is 7. The van der Waals surface area contributed by atoms with Crippen molar-refractivity contribution in [3.63, 3.8) is 0 Å². The van der Waals surface area contributed by atoms with Crippen LogP contribution in [0.5, 0.6) is 0 Å². The summed E-state index contributed by atoms with van der Waals surface area (Å²) in [5, 5.41) is 9.25. The molecule has 0 aliphatic heterocycles. The van der Waals surface area contributed by atoms with Crippen molar-refractivity contribution in [1.82, 2.24) is 0 Å². The molecule has 0 aliphatic carbocycles. The summed E-state index contributed by atoms with van der Waals surface area (Å²) in [7, 11) is 0. The zero-order valence-corrected chi connectivity index (χ0v) is 11.5. The number of hydrogen-bond acceptors (Lipinski definition) is 3. The average molecular weight is 274 g/mol. The Kier molecular flexibility index (Phi) is 5.72. The maximum atomic E-state index is 11.8. The van der Waals surface area contributed by atoms with Gasteiger partial charge in [0.05, 0.1) is 5.92 Å². The second-order valence-electron chi connectivity index (χ2n) is 4.64. The van der Waals surface area contributed by atoms with Crippen LogP contribution in [0.2, 0.25) is 0 Å². The molecule has 1 atom stereocenters. The topological polar surface area (TPSA) is 63.6 Å². The summed E-state index contributed by atoms with van der Waals surface area (Å²) in [4.78, 5) is 23.1. The van der Waals surface area contributed by atoms with Crippen molar-refractivity contribution in [2.45, 2.75) is 13.3 Å². The smallest absolute Gasteiger partial charge is 0.334 e. The van der Waals surface area contributed by atoms with E-state index in [0.717, 1.165) is 5.56 Å². The van der Waals surface area contributed by atoms with Gasteiger partial charge in [0.2, 0.25) is 0 Å². The minimum Gasteiger partial charge on any atom is -0.481 e. The van der Waals surface area contributed by atoms with E-state index in [1.165, 1.54) is 0 Å². The zero-order chi connectivity index (χ0) is 15.1. The molecule has 1 rings (SSSR count). The third-order valence-electron chi connectivity index (χ3n) is 2.71. The summed E-state index contributed by atoms with van der Waals surface area (Å²) in [6.07, 6.45) is 0.206. The van der Waals surface area contributed by atoms with Crippen LogP contribution in [0.1, 0.15) is 12.5 Å². The molecular weight excluding hydrogens is 256 g/mol. The molecule has 0 saturated carbocycles. The number of esters is 1. The summed E-state index contributed by atoms with van der Waals surface area (Å²) >= 11 is 0. The van der Waals surface area contributed by atoms with Crippen LogP contribution < -0.4 is 0 Å². The van der Waals surface area contributed by atoms with Crippen molar-refractivity contribution < 1.29 is 19.4 Å². The first-order chi connectivity index (χ1) is 9.41. The summed E-state index contributed by atoms with van der Waals surface area (Å²) in [6.45, 7) is 8.96. The highest BCUT2D eigenvalue weighted by atomic mass is 16.5. The molecule has 0 spiro atoms. The highest BCUT2D eigenvalue weighted by Crippen LogP contribution is 2.18. The molecule has 0 bridgehead atoms. The van der Waals surface area contributed by atoms with Crippen LogP contribution in [0.3, 0.4) is 0 Å². The first-order valence-electron chi connectivity index (χ1n) is 6.19. The minimum absolute atomic E-state index is 0.0531. The van der Waals surface area contributed by atoms with E-state index in [0.29, 0.717) is 5.57 Å². The minimum atomic E-state index is -1.09. The lowest BCUT2D eigenvalue weighted by molar-refractivity contribution is -0.145. The molecule has 0 amide bonds. The number of hydrogen-bond donors (Lipinski definition) is 1. The van der Waals surface area contributed by atoms with Gasteiger partial charge in [-0.3, -0.25) is 4.79 Å². The van der Waals surface area contributed by atoms with Gasteiger partial charge in [-0.05, 0) is 24.5 Å². The molecule has 0 saturated heterocycles. The molecule has 1 unspecified atom stereocenters. The molecule has 1 aromatic rings. The fourth-order valence-corrected chi connectivity index (χ4v) is 1.63. The van der Waals surface area contributed by atoms with Crippen LogP contribution in [0, 0.1) is 5.92 Å². The van der Waals surface area contributed by atoms with E-state index in [1.54, 1.807) is 6.92 Å². The van der Waals surface area contributed by atoms with Crippen molar-refractivity contribution in [3.05, 3.63) is 60.2 Å². The van der Waals surface area contributed by atoms with Crippen LogP contribution in [0.4, 0.5) is 0 Å². The second kappa shape index (κ2) is 7.28. The number of ether oxygens (including phenoxy) is 1. The van der Waals surface area contributed by atoms with Crippen molar-refractivity contribution in [2.75, 3.05) is 6.61 Å². The molecule has 1 aromatic carbocycles. The molecule has 1 N–H and O–H groups in total. The van der Waals surface area contributed by atoms with Gasteiger partial charge in [-0.25, -0.2) is 4.79 Å². The third kappa shape index (κ3) is 4.72. The number of carboxylic acid groups (broad SMARTS) is 1. The maximum Gasteiger partial charge on any atom is 0.334 e. The largest absolute Gasteiger partial charge is 0.481 e. The van der Waals surface area contributed by atoms with E-state index in [4.69, 9.17) is 4.74 Å². The Morgan fingerprint density at radius 1 is 1.25 bits per heavy atom. The Bertz CT molecular complexity index is 517. The van der Waals surface area contributed by atoms with Gasteiger partial charge >= 0.3 is 11.9 Å². The van der Waals surface area contributed by atoms with Crippen LogP contribution in [0.25, 0.3) is 0 Å². The standard InChI is InChI=1S/C16H18O4/c1-11(2)10-20-16(19)12(3)14(15(17)18)9-13-7-5-4-6-8-13/h4-8,14H,1,3,9-10H2,2H3,(H,17,18). The van der Waals surface area contributed by atoms with Crippen molar-refractivity contribution >= 4 is 11.9 Å². The summed E-state index contributed by atoms with van der Waals surface area (Å²) in [5.74, 6) is -2.78. The monoisotopic (exact) mass is 274 g/mol. The Balaban J connectivity index is 2.75. The van der Waals surface area contributed by atoms with E-state index in [1.807, 2.05) is 30.3 Å². The summed E-state index contributed by atoms with van der Waals surface area (Å²) < 4.78 is 4.93. The van der Waals surface area contributed by atoms with Gasteiger partial charge < -0.3 is 9.84 Å². The number of benzene rings is 1. The van der Waals surface area contributed by atoms with Gasteiger partial charge in [0.1, 0.15) is 6.61 Å². The van der Waals surface area contributed by atoms with Crippen molar-refractivity contribution in [1.29, 1.82) is 0 Å². The van der Waals surface area contributed by atoms with Gasteiger partial charge in [-0.2, -0.15) is 0 Å². The molecule has 0 aromatic heterocycles. The van der Waals surface area contributed by atoms with E-state index < -0.39 is 17.9 Å².